The maximum atomic E-state index is 11.6. The lowest BCUT2D eigenvalue weighted by atomic mass is 9.83. The molecule has 7 nitrogen and oxygen atoms in total. The lowest BCUT2D eigenvalue weighted by Crippen LogP contribution is -2.44. The first kappa shape index (κ1) is 21.3. The van der Waals surface area contributed by atoms with Crippen LogP contribution in [-0.2, 0) is 9.59 Å². The van der Waals surface area contributed by atoms with E-state index in [1.165, 1.54) is 11.8 Å². The van der Waals surface area contributed by atoms with Crippen LogP contribution in [0.25, 0.3) is 0 Å². The third-order valence-electron chi connectivity index (χ3n) is 5.65. The molecule has 0 aromatic heterocycles. The summed E-state index contributed by atoms with van der Waals surface area (Å²) in [5.41, 5.74) is 5.49. The average Bonchev–Trinajstić information content (AvgIpc) is 3.07. The number of carbonyl (C=O) groups is 2. The van der Waals surface area contributed by atoms with E-state index in [1.807, 2.05) is 0 Å². The molecule has 3 rings (SSSR count). The van der Waals surface area contributed by atoms with Gasteiger partial charge in [-0.1, -0.05) is 11.8 Å². The average molecular weight is 405 g/mol. The maximum Gasteiger partial charge on any atom is 0.303 e. The zero-order valence-electron chi connectivity index (χ0n) is 14.9. The van der Waals surface area contributed by atoms with Crippen LogP contribution in [0, 0.1) is 11.8 Å². The SMILES string of the molecule is Cl.NC(=O)C1=NN([C@H]2CC[C@H](CCC(=O)O)CC2)C(C2CCNCC2)S1. The molecule has 0 aromatic carbocycles. The number of hydrogen-bond donors (Lipinski definition) is 3. The number of aliphatic carboxylic acids is 1. The summed E-state index contributed by atoms with van der Waals surface area (Å²) < 4.78 is 0. The number of carboxylic acids is 1. The highest BCUT2D eigenvalue weighted by molar-refractivity contribution is 8.16. The Labute approximate surface area is 164 Å². The number of carbonyl (C=O) groups excluding carboxylic acids is 1. The summed E-state index contributed by atoms with van der Waals surface area (Å²) in [6.45, 7) is 2.03. The topological polar surface area (TPSA) is 108 Å². The van der Waals surface area contributed by atoms with Crippen molar-refractivity contribution in [2.45, 2.75) is 62.8 Å². The second kappa shape index (κ2) is 9.80. The standard InChI is InChI=1S/C17H28N4O3S.ClH/c18-15(24)16-20-21(17(25-16)12-7-9-19-10-8-12)13-4-1-11(2-5-13)3-6-14(22)23;/h11-13,17,19H,1-10H2,(H2,18,24)(H,22,23);1H/t11-,13-,17?;. The molecule has 1 unspecified atom stereocenters. The van der Waals surface area contributed by atoms with Crippen LogP contribution in [0.4, 0.5) is 0 Å². The second-order valence-electron chi connectivity index (χ2n) is 7.35. The number of hydrazone groups is 1. The smallest absolute Gasteiger partial charge is 0.303 e. The van der Waals surface area contributed by atoms with E-state index in [9.17, 15) is 9.59 Å². The van der Waals surface area contributed by atoms with Crippen LogP contribution in [0.15, 0.2) is 5.10 Å². The van der Waals surface area contributed by atoms with E-state index in [0.717, 1.165) is 58.0 Å². The number of halogens is 1. The predicted octanol–water partition coefficient (Wildman–Crippen LogP) is 2.01. The number of primary amides is 1. The molecule has 1 amide bonds. The Morgan fingerprint density at radius 3 is 2.42 bits per heavy atom. The Balaban J connectivity index is 0.00000243. The predicted molar refractivity (Wildman–Crippen MR) is 105 cm³/mol. The lowest BCUT2D eigenvalue weighted by molar-refractivity contribution is -0.137. The van der Waals surface area contributed by atoms with Gasteiger partial charge in [0.25, 0.3) is 5.91 Å². The molecule has 1 saturated heterocycles. The fraction of sp³-hybridized carbons (Fsp3) is 0.824. The van der Waals surface area contributed by atoms with Crippen LogP contribution < -0.4 is 11.1 Å². The maximum absolute atomic E-state index is 11.6. The van der Waals surface area contributed by atoms with E-state index >= 15 is 0 Å². The molecule has 26 heavy (non-hydrogen) atoms. The molecule has 9 heteroatoms. The van der Waals surface area contributed by atoms with Crippen molar-refractivity contribution in [3.05, 3.63) is 0 Å². The van der Waals surface area contributed by atoms with E-state index in [1.54, 1.807) is 0 Å². The quantitative estimate of drug-likeness (QED) is 0.624. The summed E-state index contributed by atoms with van der Waals surface area (Å²) in [6.07, 6.45) is 7.34. The first-order chi connectivity index (χ1) is 12.0. The first-order valence-electron chi connectivity index (χ1n) is 9.30. The van der Waals surface area contributed by atoms with Crippen LogP contribution in [-0.4, -0.2) is 51.5 Å². The van der Waals surface area contributed by atoms with Gasteiger partial charge in [0.2, 0.25) is 0 Å². The van der Waals surface area contributed by atoms with E-state index in [2.05, 4.69) is 15.4 Å². The number of carboxylic acid groups (broad SMARTS) is 1. The van der Waals surface area contributed by atoms with Gasteiger partial charge in [0.1, 0.15) is 5.37 Å². The van der Waals surface area contributed by atoms with Crippen molar-refractivity contribution in [3.8, 4) is 0 Å². The molecule has 0 aromatic rings. The van der Waals surface area contributed by atoms with E-state index in [4.69, 9.17) is 10.8 Å². The Kier molecular flexibility index (Phi) is 8.04. The van der Waals surface area contributed by atoms with Crippen LogP contribution in [0.5, 0.6) is 0 Å². The van der Waals surface area contributed by atoms with E-state index < -0.39 is 11.9 Å². The van der Waals surface area contributed by atoms with Gasteiger partial charge < -0.3 is 16.2 Å². The van der Waals surface area contributed by atoms with Crippen molar-refractivity contribution >= 4 is 41.1 Å². The van der Waals surface area contributed by atoms with Crippen molar-refractivity contribution in [1.29, 1.82) is 0 Å². The number of nitrogens with two attached hydrogens (primary N) is 1. The number of amides is 1. The Morgan fingerprint density at radius 2 is 1.85 bits per heavy atom. The number of thioether (sulfide) groups is 1. The highest BCUT2D eigenvalue weighted by Gasteiger charge is 2.40. The van der Waals surface area contributed by atoms with Crippen LogP contribution >= 0.6 is 24.2 Å². The van der Waals surface area contributed by atoms with Gasteiger partial charge in [-0.2, -0.15) is 5.10 Å². The summed E-state index contributed by atoms with van der Waals surface area (Å²) in [5, 5.41) is 19.6. The highest BCUT2D eigenvalue weighted by atomic mass is 35.5. The van der Waals surface area contributed by atoms with Gasteiger partial charge >= 0.3 is 5.97 Å². The molecule has 2 aliphatic heterocycles. The van der Waals surface area contributed by atoms with Gasteiger partial charge in [0.15, 0.2) is 5.04 Å². The third kappa shape index (κ3) is 5.27. The molecule has 148 valence electrons. The summed E-state index contributed by atoms with van der Waals surface area (Å²) in [5.74, 6) is -0.113. The number of rotatable bonds is 6. The van der Waals surface area contributed by atoms with Gasteiger partial charge in [-0.05, 0) is 69.9 Å². The van der Waals surface area contributed by atoms with Crippen molar-refractivity contribution in [2.24, 2.45) is 22.7 Å². The van der Waals surface area contributed by atoms with Crippen molar-refractivity contribution in [2.75, 3.05) is 13.1 Å². The summed E-state index contributed by atoms with van der Waals surface area (Å²) in [7, 11) is 0. The van der Waals surface area contributed by atoms with Gasteiger partial charge in [-0.3, -0.25) is 14.6 Å². The molecule has 0 spiro atoms. The van der Waals surface area contributed by atoms with Gasteiger partial charge in [0, 0.05) is 12.5 Å². The number of nitrogens with one attached hydrogen (secondary N) is 1. The zero-order valence-corrected chi connectivity index (χ0v) is 16.6. The molecule has 4 N–H and O–H groups in total. The van der Waals surface area contributed by atoms with Crippen molar-refractivity contribution in [1.82, 2.24) is 10.3 Å². The van der Waals surface area contributed by atoms with Crippen molar-refractivity contribution < 1.29 is 14.7 Å². The summed E-state index contributed by atoms with van der Waals surface area (Å²) in [4.78, 5) is 22.4. The molecule has 2 fully saturated rings. The molecule has 1 aliphatic carbocycles. The van der Waals surface area contributed by atoms with Crippen LogP contribution in [0.1, 0.15) is 51.4 Å². The van der Waals surface area contributed by atoms with Crippen LogP contribution in [0.3, 0.4) is 0 Å². The highest BCUT2D eigenvalue weighted by Crippen LogP contribution is 2.41. The minimum atomic E-state index is -0.709. The number of hydrogen-bond acceptors (Lipinski definition) is 6. The summed E-state index contributed by atoms with van der Waals surface area (Å²) in [6, 6.07) is 0.338. The van der Waals surface area contributed by atoms with E-state index in [-0.39, 0.29) is 24.2 Å². The minimum absolute atomic E-state index is 0. The lowest BCUT2D eigenvalue weighted by Gasteiger charge is -2.40. The molecule has 1 saturated carbocycles. The molecule has 2 heterocycles. The van der Waals surface area contributed by atoms with Crippen molar-refractivity contribution in [3.63, 3.8) is 0 Å². The zero-order chi connectivity index (χ0) is 17.8. The van der Waals surface area contributed by atoms with Crippen LogP contribution in [0.2, 0.25) is 0 Å². The Morgan fingerprint density at radius 1 is 1.19 bits per heavy atom. The van der Waals surface area contributed by atoms with Gasteiger partial charge in [-0.15, -0.1) is 12.4 Å². The van der Waals surface area contributed by atoms with Gasteiger partial charge in [-0.25, -0.2) is 0 Å². The molecular weight excluding hydrogens is 376 g/mol. The molecule has 0 bridgehead atoms. The molecule has 3 aliphatic rings. The van der Waals surface area contributed by atoms with Gasteiger partial charge in [0.05, 0.1) is 0 Å². The molecular formula is C17H29ClN4O3S. The monoisotopic (exact) mass is 404 g/mol. The summed E-state index contributed by atoms with van der Waals surface area (Å²) >= 11 is 1.54. The Bertz CT molecular complexity index is 534. The largest absolute Gasteiger partial charge is 0.481 e. The first-order valence-corrected chi connectivity index (χ1v) is 10.2. The fourth-order valence-electron chi connectivity index (χ4n) is 4.22. The fourth-order valence-corrected chi connectivity index (χ4v) is 5.50. The number of piperidine rings is 1. The third-order valence-corrected chi connectivity index (χ3v) is 7.00. The minimum Gasteiger partial charge on any atom is -0.481 e. The molecule has 1 atom stereocenters. The number of nitrogens with zero attached hydrogens (tertiary/aromatic N) is 2. The normalized spacial score (nSPS) is 29.8. The second-order valence-corrected chi connectivity index (χ2v) is 8.46. The Hall–Kier alpha value is -0.990. The molecule has 0 radical (unpaired) electrons. The van der Waals surface area contributed by atoms with E-state index in [0.29, 0.717) is 22.9 Å².